The molecule has 16 heavy (non-hydrogen) atoms. The first-order chi connectivity index (χ1) is 7.71. The first-order valence-corrected chi connectivity index (χ1v) is 6.87. The van der Waals surface area contributed by atoms with E-state index in [9.17, 15) is 0 Å². The fraction of sp³-hybridized carbons (Fsp3) is 1.00. The lowest BCUT2D eigenvalue weighted by Crippen LogP contribution is -2.51. The lowest BCUT2D eigenvalue weighted by atomic mass is 10.1. The Bertz CT molecular complexity index is 172. The minimum absolute atomic E-state index is 0.639. The van der Waals surface area contributed by atoms with E-state index in [1.807, 2.05) is 0 Å². The largest absolute Gasteiger partial charge is 0.330 e. The molecule has 0 aliphatic carbocycles. The monoisotopic (exact) mass is 227 g/mol. The van der Waals surface area contributed by atoms with Crippen LogP contribution < -0.4 is 5.73 Å². The van der Waals surface area contributed by atoms with Crippen LogP contribution in [-0.2, 0) is 0 Å². The van der Waals surface area contributed by atoms with Gasteiger partial charge in [0.1, 0.15) is 0 Å². The van der Waals surface area contributed by atoms with Gasteiger partial charge >= 0.3 is 0 Å². The second-order valence-corrected chi connectivity index (χ2v) is 5.15. The van der Waals surface area contributed by atoms with Crippen molar-refractivity contribution in [1.82, 2.24) is 9.80 Å². The van der Waals surface area contributed by atoms with Gasteiger partial charge in [0.05, 0.1) is 0 Å². The highest BCUT2D eigenvalue weighted by molar-refractivity contribution is 4.78. The molecule has 0 aromatic carbocycles. The maximum absolute atomic E-state index is 5.67. The van der Waals surface area contributed by atoms with Crippen LogP contribution in [0.5, 0.6) is 0 Å². The SMILES string of the molecule is CCC(CC)N1CCN(CC(C)CN)CC1. The Morgan fingerprint density at radius 3 is 2.06 bits per heavy atom. The van der Waals surface area contributed by atoms with E-state index < -0.39 is 0 Å². The molecule has 1 heterocycles. The van der Waals surface area contributed by atoms with Crippen LogP contribution in [0.25, 0.3) is 0 Å². The van der Waals surface area contributed by atoms with Gasteiger partial charge in [-0.2, -0.15) is 0 Å². The Kier molecular flexibility index (Phi) is 6.32. The fourth-order valence-corrected chi connectivity index (χ4v) is 2.63. The molecule has 0 aromatic heterocycles. The molecule has 1 atom stereocenters. The second-order valence-electron chi connectivity index (χ2n) is 5.15. The van der Waals surface area contributed by atoms with Gasteiger partial charge in [-0.25, -0.2) is 0 Å². The van der Waals surface area contributed by atoms with Crippen molar-refractivity contribution < 1.29 is 0 Å². The van der Waals surface area contributed by atoms with Gasteiger partial charge < -0.3 is 10.6 Å². The summed E-state index contributed by atoms with van der Waals surface area (Å²) in [5.74, 6) is 0.639. The Morgan fingerprint density at radius 1 is 1.06 bits per heavy atom. The van der Waals surface area contributed by atoms with Crippen LogP contribution in [0.3, 0.4) is 0 Å². The topological polar surface area (TPSA) is 32.5 Å². The van der Waals surface area contributed by atoms with Crippen LogP contribution >= 0.6 is 0 Å². The Hall–Kier alpha value is -0.120. The number of piperazine rings is 1. The average molecular weight is 227 g/mol. The van der Waals surface area contributed by atoms with E-state index in [-0.39, 0.29) is 0 Å². The van der Waals surface area contributed by atoms with Crippen molar-refractivity contribution in [2.45, 2.75) is 39.7 Å². The highest BCUT2D eigenvalue weighted by Crippen LogP contribution is 2.12. The molecule has 0 bridgehead atoms. The highest BCUT2D eigenvalue weighted by atomic mass is 15.3. The third-order valence-electron chi connectivity index (χ3n) is 3.84. The number of hydrogen-bond donors (Lipinski definition) is 1. The number of nitrogens with zero attached hydrogens (tertiary/aromatic N) is 2. The molecular weight excluding hydrogens is 198 g/mol. The Morgan fingerprint density at radius 2 is 1.62 bits per heavy atom. The van der Waals surface area contributed by atoms with Crippen LogP contribution in [0.15, 0.2) is 0 Å². The van der Waals surface area contributed by atoms with E-state index in [0.29, 0.717) is 5.92 Å². The van der Waals surface area contributed by atoms with Crippen molar-refractivity contribution in [3.05, 3.63) is 0 Å². The molecule has 1 rings (SSSR count). The number of rotatable bonds is 6. The quantitative estimate of drug-likeness (QED) is 0.744. The molecule has 0 radical (unpaired) electrons. The summed E-state index contributed by atoms with van der Waals surface area (Å²) in [6, 6.07) is 0.800. The van der Waals surface area contributed by atoms with Gasteiger partial charge in [0.15, 0.2) is 0 Å². The molecule has 1 aliphatic heterocycles. The highest BCUT2D eigenvalue weighted by Gasteiger charge is 2.21. The molecule has 3 nitrogen and oxygen atoms in total. The van der Waals surface area contributed by atoms with E-state index in [1.54, 1.807) is 0 Å². The molecule has 1 unspecified atom stereocenters. The Labute approximate surface area is 101 Å². The molecule has 0 saturated carbocycles. The summed E-state index contributed by atoms with van der Waals surface area (Å²) in [6.07, 6.45) is 2.57. The van der Waals surface area contributed by atoms with E-state index in [1.165, 1.54) is 45.6 Å². The molecule has 3 heteroatoms. The molecule has 0 aromatic rings. The predicted octanol–water partition coefficient (Wildman–Crippen LogP) is 1.39. The maximum Gasteiger partial charge on any atom is 0.0113 e. The maximum atomic E-state index is 5.67. The van der Waals surface area contributed by atoms with Crippen molar-refractivity contribution in [1.29, 1.82) is 0 Å². The first-order valence-electron chi connectivity index (χ1n) is 6.87. The minimum atomic E-state index is 0.639. The minimum Gasteiger partial charge on any atom is -0.330 e. The molecule has 0 amide bonds. The molecule has 1 saturated heterocycles. The van der Waals surface area contributed by atoms with Crippen LogP contribution in [-0.4, -0.2) is 55.1 Å². The molecule has 0 spiro atoms. The molecule has 1 fully saturated rings. The van der Waals surface area contributed by atoms with E-state index in [4.69, 9.17) is 5.73 Å². The third kappa shape index (κ3) is 4.04. The lowest BCUT2D eigenvalue weighted by Gasteiger charge is -2.39. The van der Waals surface area contributed by atoms with Gasteiger partial charge in [0.25, 0.3) is 0 Å². The summed E-state index contributed by atoms with van der Waals surface area (Å²) < 4.78 is 0. The predicted molar refractivity (Wildman–Crippen MR) is 70.6 cm³/mol. The standard InChI is InChI=1S/C13H29N3/c1-4-13(5-2)16-8-6-15(7-9-16)11-12(3)10-14/h12-13H,4-11,14H2,1-3H3. The lowest BCUT2D eigenvalue weighted by molar-refractivity contribution is 0.0847. The van der Waals surface area contributed by atoms with Gasteiger partial charge in [-0.1, -0.05) is 20.8 Å². The zero-order valence-corrected chi connectivity index (χ0v) is 11.3. The van der Waals surface area contributed by atoms with Crippen LogP contribution in [0.1, 0.15) is 33.6 Å². The van der Waals surface area contributed by atoms with Crippen LogP contribution in [0.4, 0.5) is 0 Å². The molecule has 96 valence electrons. The first kappa shape index (κ1) is 13.9. The normalized spacial score (nSPS) is 21.6. The van der Waals surface area contributed by atoms with Gasteiger partial charge in [-0.3, -0.25) is 4.90 Å². The molecule has 1 aliphatic rings. The number of nitrogens with two attached hydrogens (primary N) is 1. The van der Waals surface area contributed by atoms with Gasteiger partial charge in [0, 0.05) is 38.8 Å². The fourth-order valence-electron chi connectivity index (χ4n) is 2.63. The van der Waals surface area contributed by atoms with Gasteiger partial charge in [-0.15, -0.1) is 0 Å². The average Bonchev–Trinajstić information content (AvgIpc) is 2.32. The summed E-state index contributed by atoms with van der Waals surface area (Å²) in [7, 11) is 0. The van der Waals surface area contributed by atoms with E-state index in [2.05, 4.69) is 30.6 Å². The Balaban J connectivity index is 2.27. The van der Waals surface area contributed by atoms with Crippen molar-refractivity contribution in [2.75, 3.05) is 39.3 Å². The van der Waals surface area contributed by atoms with Crippen molar-refractivity contribution in [3.8, 4) is 0 Å². The molecular formula is C13H29N3. The van der Waals surface area contributed by atoms with Crippen molar-refractivity contribution in [2.24, 2.45) is 11.7 Å². The number of hydrogen-bond acceptors (Lipinski definition) is 3. The van der Waals surface area contributed by atoms with Crippen LogP contribution in [0.2, 0.25) is 0 Å². The van der Waals surface area contributed by atoms with E-state index >= 15 is 0 Å². The third-order valence-corrected chi connectivity index (χ3v) is 3.84. The second kappa shape index (κ2) is 7.25. The summed E-state index contributed by atoms with van der Waals surface area (Å²) in [6.45, 7) is 13.8. The summed E-state index contributed by atoms with van der Waals surface area (Å²) in [5, 5.41) is 0. The van der Waals surface area contributed by atoms with Crippen LogP contribution in [0, 0.1) is 5.92 Å². The van der Waals surface area contributed by atoms with Crippen molar-refractivity contribution in [3.63, 3.8) is 0 Å². The smallest absolute Gasteiger partial charge is 0.0113 e. The zero-order valence-electron chi connectivity index (χ0n) is 11.3. The molecule has 2 N–H and O–H groups in total. The van der Waals surface area contributed by atoms with Gasteiger partial charge in [0.2, 0.25) is 0 Å². The van der Waals surface area contributed by atoms with Gasteiger partial charge in [-0.05, 0) is 25.3 Å². The van der Waals surface area contributed by atoms with E-state index in [0.717, 1.165) is 12.6 Å². The summed E-state index contributed by atoms with van der Waals surface area (Å²) >= 11 is 0. The van der Waals surface area contributed by atoms with Crippen molar-refractivity contribution >= 4 is 0 Å². The summed E-state index contributed by atoms with van der Waals surface area (Å²) in [5.41, 5.74) is 5.67. The summed E-state index contributed by atoms with van der Waals surface area (Å²) in [4.78, 5) is 5.22. The zero-order chi connectivity index (χ0) is 12.0.